The van der Waals surface area contributed by atoms with Crippen molar-refractivity contribution in [1.29, 1.82) is 0 Å². The Morgan fingerprint density at radius 1 is 1.29 bits per heavy atom. The Kier molecular flexibility index (Phi) is 4.42. The molecule has 1 aliphatic rings. The normalized spacial score (nSPS) is 23.1. The third-order valence-corrected chi connectivity index (χ3v) is 3.20. The molecule has 2 N–H and O–H groups in total. The van der Waals surface area contributed by atoms with Gasteiger partial charge in [-0.15, -0.1) is 0 Å². The molecule has 1 fully saturated rings. The first-order valence-corrected chi connectivity index (χ1v) is 6.28. The summed E-state index contributed by atoms with van der Waals surface area (Å²) in [6.07, 6.45) is 2.71. The molecule has 0 spiro atoms. The summed E-state index contributed by atoms with van der Waals surface area (Å²) >= 11 is 0. The van der Waals surface area contributed by atoms with Crippen LogP contribution < -0.4 is 5.32 Å². The summed E-state index contributed by atoms with van der Waals surface area (Å²) in [5.74, 6) is 0. The fourth-order valence-corrected chi connectivity index (χ4v) is 3.29. The number of carbonyl (C=O) groups excluding carboxylic acids is 1. The Morgan fingerprint density at radius 3 is 2.29 bits per heavy atom. The number of amides is 1. The molecule has 100 valence electrons. The molecule has 0 bridgehead atoms. The van der Waals surface area contributed by atoms with Crippen LogP contribution in [0.3, 0.4) is 0 Å². The number of ether oxygens (including phenoxy) is 1. The van der Waals surface area contributed by atoms with Crippen molar-refractivity contribution in [3.05, 3.63) is 0 Å². The third kappa shape index (κ3) is 4.94. The fraction of sp³-hybridized carbons (Fsp3) is 0.923. The molecule has 0 aromatic carbocycles. The minimum absolute atomic E-state index is 0.0609. The van der Waals surface area contributed by atoms with E-state index in [0.717, 1.165) is 12.8 Å². The summed E-state index contributed by atoms with van der Waals surface area (Å²) in [6, 6.07) is 0.167. The highest BCUT2D eigenvalue weighted by Crippen LogP contribution is 2.45. The van der Waals surface area contributed by atoms with Gasteiger partial charge in [-0.1, -0.05) is 27.7 Å². The summed E-state index contributed by atoms with van der Waals surface area (Å²) in [5, 5.41) is 11.5. The minimum Gasteiger partial charge on any atom is -0.447 e. The molecule has 0 heterocycles. The minimum atomic E-state index is -0.419. The second-order valence-electron chi connectivity index (χ2n) is 6.61. The van der Waals surface area contributed by atoms with E-state index < -0.39 is 6.09 Å². The topological polar surface area (TPSA) is 58.6 Å². The van der Waals surface area contributed by atoms with Gasteiger partial charge in [-0.3, -0.25) is 0 Å². The number of carbonyl (C=O) groups is 1. The van der Waals surface area contributed by atoms with Gasteiger partial charge < -0.3 is 15.2 Å². The standard InChI is InChI=1S/C13H25NO3/c1-12(2)7-10(8-13(3,4)9-12)14-11(16)17-6-5-15/h10,15H,5-9H2,1-4H3,(H,14,16). The van der Waals surface area contributed by atoms with Gasteiger partial charge in [0.05, 0.1) is 6.61 Å². The van der Waals surface area contributed by atoms with Gasteiger partial charge in [0.15, 0.2) is 0 Å². The van der Waals surface area contributed by atoms with Crippen molar-refractivity contribution in [3.63, 3.8) is 0 Å². The zero-order chi connectivity index (χ0) is 13.1. The number of hydrogen-bond acceptors (Lipinski definition) is 3. The van der Waals surface area contributed by atoms with Crippen molar-refractivity contribution in [2.75, 3.05) is 13.2 Å². The first-order valence-electron chi connectivity index (χ1n) is 6.28. The lowest BCUT2D eigenvalue weighted by Gasteiger charge is -2.44. The Hall–Kier alpha value is -0.770. The predicted octanol–water partition coefficient (Wildman–Crippen LogP) is 2.31. The summed E-state index contributed by atoms with van der Waals surface area (Å²) < 4.78 is 4.83. The van der Waals surface area contributed by atoms with Crippen LogP contribution in [0.5, 0.6) is 0 Å². The van der Waals surface area contributed by atoms with Crippen molar-refractivity contribution in [2.24, 2.45) is 10.8 Å². The van der Waals surface area contributed by atoms with Crippen LogP contribution in [0.1, 0.15) is 47.0 Å². The molecule has 1 rings (SSSR count). The lowest BCUT2D eigenvalue weighted by atomic mass is 9.63. The molecule has 4 nitrogen and oxygen atoms in total. The van der Waals surface area contributed by atoms with Crippen molar-refractivity contribution in [1.82, 2.24) is 5.32 Å². The molecule has 1 aliphatic carbocycles. The highest BCUT2D eigenvalue weighted by atomic mass is 16.6. The molecule has 0 aromatic rings. The molecule has 17 heavy (non-hydrogen) atoms. The summed E-state index contributed by atoms with van der Waals surface area (Å²) in [4.78, 5) is 11.4. The van der Waals surface area contributed by atoms with E-state index in [-0.39, 0.29) is 30.1 Å². The predicted molar refractivity (Wildman–Crippen MR) is 66.8 cm³/mol. The Labute approximate surface area is 104 Å². The summed E-state index contributed by atoms with van der Waals surface area (Å²) in [5.41, 5.74) is 0.493. The van der Waals surface area contributed by atoms with Gasteiger partial charge in [-0.2, -0.15) is 0 Å². The van der Waals surface area contributed by atoms with Crippen molar-refractivity contribution in [3.8, 4) is 0 Å². The van der Waals surface area contributed by atoms with E-state index in [0.29, 0.717) is 0 Å². The Bertz CT molecular complexity index is 258. The monoisotopic (exact) mass is 243 g/mol. The third-order valence-electron chi connectivity index (χ3n) is 3.20. The maximum absolute atomic E-state index is 11.4. The van der Waals surface area contributed by atoms with E-state index in [9.17, 15) is 4.79 Å². The first-order chi connectivity index (χ1) is 7.74. The molecule has 0 aromatic heterocycles. The molecular weight excluding hydrogens is 218 g/mol. The van der Waals surface area contributed by atoms with Crippen molar-refractivity contribution in [2.45, 2.75) is 53.0 Å². The van der Waals surface area contributed by atoms with Crippen LogP contribution in [-0.2, 0) is 4.74 Å². The molecular formula is C13H25NO3. The first kappa shape index (κ1) is 14.3. The van der Waals surface area contributed by atoms with Gasteiger partial charge in [-0.25, -0.2) is 4.79 Å². The Balaban J connectivity index is 2.51. The van der Waals surface area contributed by atoms with Crippen LogP contribution in [-0.4, -0.2) is 30.5 Å². The van der Waals surface area contributed by atoms with Crippen LogP contribution in [0.15, 0.2) is 0 Å². The van der Waals surface area contributed by atoms with E-state index in [2.05, 4.69) is 33.0 Å². The smallest absolute Gasteiger partial charge is 0.407 e. The highest BCUT2D eigenvalue weighted by molar-refractivity contribution is 5.67. The van der Waals surface area contributed by atoms with Crippen LogP contribution in [0.25, 0.3) is 0 Å². The zero-order valence-corrected chi connectivity index (χ0v) is 11.4. The van der Waals surface area contributed by atoms with Gasteiger partial charge in [0.1, 0.15) is 6.61 Å². The maximum Gasteiger partial charge on any atom is 0.407 e. The summed E-state index contributed by atoms with van der Waals surface area (Å²) in [6.45, 7) is 8.88. The van der Waals surface area contributed by atoms with E-state index in [4.69, 9.17) is 9.84 Å². The number of nitrogens with one attached hydrogen (secondary N) is 1. The van der Waals surface area contributed by atoms with Gasteiger partial charge in [0.25, 0.3) is 0 Å². The number of aliphatic hydroxyl groups excluding tert-OH is 1. The lowest BCUT2D eigenvalue weighted by molar-refractivity contribution is 0.0731. The SMILES string of the molecule is CC1(C)CC(NC(=O)OCCO)CC(C)(C)C1. The molecule has 4 heteroatoms. The average Bonchev–Trinajstić information content (AvgIpc) is 2.09. The average molecular weight is 243 g/mol. The number of rotatable bonds is 3. The van der Waals surface area contributed by atoms with E-state index >= 15 is 0 Å². The molecule has 0 saturated heterocycles. The molecule has 1 saturated carbocycles. The Morgan fingerprint density at radius 2 is 1.82 bits per heavy atom. The van der Waals surface area contributed by atoms with E-state index in [1.807, 2.05) is 0 Å². The van der Waals surface area contributed by atoms with Gasteiger partial charge >= 0.3 is 6.09 Å². The highest BCUT2D eigenvalue weighted by Gasteiger charge is 2.38. The van der Waals surface area contributed by atoms with Gasteiger partial charge in [-0.05, 0) is 30.1 Å². The van der Waals surface area contributed by atoms with Crippen LogP contribution in [0, 0.1) is 10.8 Å². The molecule has 0 aliphatic heterocycles. The van der Waals surface area contributed by atoms with Gasteiger partial charge in [0, 0.05) is 6.04 Å². The number of hydrogen-bond donors (Lipinski definition) is 2. The van der Waals surface area contributed by atoms with Crippen molar-refractivity contribution < 1.29 is 14.6 Å². The van der Waals surface area contributed by atoms with E-state index in [1.165, 1.54) is 6.42 Å². The quantitative estimate of drug-likeness (QED) is 0.799. The van der Waals surface area contributed by atoms with Crippen LogP contribution in [0.2, 0.25) is 0 Å². The lowest BCUT2D eigenvalue weighted by Crippen LogP contribution is -2.46. The largest absolute Gasteiger partial charge is 0.447 e. The van der Waals surface area contributed by atoms with Crippen LogP contribution >= 0.6 is 0 Å². The number of aliphatic hydroxyl groups is 1. The van der Waals surface area contributed by atoms with Gasteiger partial charge in [0.2, 0.25) is 0 Å². The molecule has 0 radical (unpaired) electrons. The number of alkyl carbamates (subject to hydrolysis) is 1. The molecule has 0 atom stereocenters. The fourth-order valence-electron chi connectivity index (χ4n) is 3.29. The van der Waals surface area contributed by atoms with E-state index in [1.54, 1.807) is 0 Å². The zero-order valence-electron chi connectivity index (χ0n) is 11.4. The van der Waals surface area contributed by atoms with Crippen LogP contribution in [0.4, 0.5) is 4.79 Å². The second-order valence-corrected chi connectivity index (χ2v) is 6.61. The molecule has 0 unspecified atom stereocenters. The molecule has 1 amide bonds. The summed E-state index contributed by atoms with van der Waals surface area (Å²) in [7, 11) is 0. The van der Waals surface area contributed by atoms with Crippen molar-refractivity contribution >= 4 is 6.09 Å². The maximum atomic E-state index is 11.4. The second kappa shape index (κ2) is 5.25.